The highest BCUT2D eigenvalue weighted by molar-refractivity contribution is 14.1. The summed E-state index contributed by atoms with van der Waals surface area (Å²) < 4.78 is 8.14. The number of nitrogens with zero attached hydrogens (tertiary/aromatic N) is 3. The van der Waals surface area contributed by atoms with Crippen molar-refractivity contribution in [2.45, 2.75) is 31.5 Å². The molecular formula is C11H11ClIN3O3. The molecule has 8 heteroatoms. The minimum Gasteiger partial charge on any atom is -0.388 e. The van der Waals surface area contributed by atoms with Crippen LogP contribution in [0.1, 0.15) is 13.2 Å². The molecule has 1 aliphatic rings. The first kappa shape index (κ1) is 13.5. The maximum Gasteiger partial charge on any atom is 0.164 e. The van der Waals surface area contributed by atoms with Crippen molar-refractivity contribution < 1.29 is 14.9 Å². The number of hydrogen-bond acceptors (Lipinski definition) is 5. The summed E-state index contributed by atoms with van der Waals surface area (Å²) in [5.41, 5.74) is 0.578. The van der Waals surface area contributed by atoms with Gasteiger partial charge in [-0.15, -0.1) is 0 Å². The zero-order valence-electron chi connectivity index (χ0n) is 9.86. The van der Waals surface area contributed by atoms with Crippen molar-refractivity contribution in [3.63, 3.8) is 0 Å². The van der Waals surface area contributed by atoms with Crippen molar-refractivity contribution in [1.29, 1.82) is 0 Å². The summed E-state index contributed by atoms with van der Waals surface area (Å²) in [7, 11) is 0. The molecule has 1 unspecified atom stereocenters. The second kappa shape index (κ2) is 4.81. The van der Waals surface area contributed by atoms with Crippen LogP contribution in [0.15, 0.2) is 12.5 Å². The highest BCUT2D eigenvalue weighted by atomic mass is 127. The van der Waals surface area contributed by atoms with E-state index in [0.29, 0.717) is 10.8 Å². The molecule has 0 aliphatic carbocycles. The molecule has 2 N–H and O–H groups in total. The molecule has 4 atom stereocenters. The van der Waals surface area contributed by atoms with Gasteiger partial charge in [-0.2, -0.15) is 0 Å². The maximum absolute atomic E-state index is 10.0. The second-order valence-corrected chi connectivity index (χ2v) is 5.98. The van der Waals surface area contributed by atoms with Crippen molar-refractivity contribution >= 4 is 45.2 Å². The molecule has 0 radical (unpaired) electrons. The summed E-state index contributed by atoms with van der Waals surface area (Å²) in [6.45, 7) is 1.71. The molecule has 0 amide bonds. The van der Waals surface area contributed by atoms with Crippen LogP contribution in [0.25, 0.3) is 11.0 Å². The topological polar surface area (TPSA) is 80.4 Å². The summed E-state index contributed by atoms with van der Waals surface area (Å²) >= 11 is 8.18. The van der Waals surface area contributed by atoms with Gasteiger partial charge in [0.2, 0.25) is 0 Å². The number of halogens is 2. The minimum absolute atomic E-state index is 0.356. The van der Waals surface area contributed by atoms with Gasteiger partial charge in [0.1, 0.15) is 29.3 Å². The van der Waals surface area contributed by atoms with E-state index in [1.54, 1.807) is 17.7 Å². The van der Waals surface area contributed by atoms with Crippen molar-refractivity contribution in [2.24, 2.45) is 0 Å². The molecule has 1 fully saturated rings. The lowest BCUT2D eigenvalue weighted by atomic mass is 10.1. The van der Waals surface area contributed by atoms with Crippen LogP contribution in [0.5, 0.6) is 0 Å². The first-order chi connectivity index (χ1) is 9.00. The first-order valence-electron chi connectivity index (χ1n) is 5.69. The summed E-state index contributed by atoms with van der Waals surface area (Å²) in [6.07, 6.45) is 0.102. The van der Waals surface area contributed by atoms with Crippen LogP contribution < -0.4 is 0 Å². The lowest BCUT2D eigenvalue weighted by Crippen LogP contribution is -2.30. The Morgan fingerprint density at radius 1 is 1.37 bits per heavy atom. The zero-order chi connectivity index (χ0) is 13.7. The Morgan fingerprint density at radius 2 is 2.11 bits per heavy atom. The van der Waals surface area contributed by atoms with Crippen LogP contribution in [-0.4, -0.2) is 43.1 Å². The number of rotatable bonds is 1. The standard InChI is InChI=1S/C11H11ClIN3O3/c1-4-7(17)8(18)11(19-4)16-2-5(13)6-9(12)14-3-15-10(6)16/h2-4,7-8,11,17-18H,1H3/t4-,7-,8-,11?/m1/s1. The Balaban J connectivity index is 2.14. The van der Waals surface area contributed by atoms with E-state index in [4.69, 9.17) is 16.3 Å². The molecule has 0 bridgehead atoms. The van der Waals surface area contributed by atoms with Crippen molar-refractivity contribution in [3.8, 4) is 0 Å². The van der Waals surface area contributed by atoms with Gasteiger partial charge in [-0.05, 0) is 29.5 Å². The van der Waals surface area contributed by atoms with E-state index in [1.165, 1.54) is 6.33 Å². The summed E-state index contributed by atoms with van der Waals surface area (Å²) in [5.74, 6) is 0. The molecule has 3 heterocycles. The monoisotopic (exact) mass is 395 g/mol. The van der Waals surface area contributed by atoms with E-state index in [9.17, 15) is 10.2 Å². The Hall–Kier alpha value is -0.480. The van der Waals surface area contributed by atoms with Crippen molar-refractivity contribution in [3.05, 3.63) is 21.2 Å². The van der Waals surface area contributed by atoms with Gasteiger partial charge in [0.15, 0.2) is 6.23 Å². The summed E-state index contributed by atoms with van der Waals surface area (Å²) in [5, 5.41) is 20.9. The Kier molecular flexibility index (Phi) is 3.42. The van der Waals surface area contributed by atoms with Crippen molar-refractivity contribution in [2.75, 3.05) is 0 Å². The van der Waals surface area contributed by atoms with Crippen LogP contribution in [0.4, 0.5) is 0 Å². The van der Waals surface area contributed by atoms with E-state index < -0.39 is 24.5 Å². The fraction of sp³-hybridized carbons (Fsp3) is 0.455. The second-order valence-electron chi connectivity index (χ2n) is 4.46. The average molecular weight is 396 g/mol. The van der Waals surface area contributed by atoms with Crippen LogP contribution in [0, 0.1) is 3.57 Å². The van der Waals surface area contributed by atoms with Crippen LogP contribution in [0.2, 0.25) is 5.15 Å². The molecule has 1 saturated heterocycles. The molecule has 2 aromatic heterocycles. The Labute approximate surface area is 127 Å². The summed E-state index contributed by atoms with van der Waals surface area (Å²) in [6, 6.07) is 0. The maximum atomic E-state index is 10.0. The SMILES string of the molecule is C[C@H]1OC(n2cc(I)c3c(Cl)ncnc32)[C@H](O)[C@@H]1O. The molecule has 19 heavy (non-hydrogen) atoms. The number of aromatic nitrogens is 3. The molecule has 0 aromatic carbocycles. The van der Waals surface area contributed by atoms with E-state index in [2.05, 4.69) is 32.6 Å². The number of aliphatic hydroxyl groups is 2. The van der Waals surface area contributed by atoms with Crippen LogP contribution in [-0.2, 0) is 4.74 Å². The fourth-order valence-corrected chi connectivity index (χ4v) is 3.44. The molecule has 0 saturated carbocycles. The molecule has 1 aliphatic heterocycles. The Bertz CT molecular complexity index is 635. The van der Waals surface area contributed by atoms with Gasteiger partial charge in [0, 0.05) is 9.77 Å². The number of aliphatic hydroxyl groups excluding tert-OH is 2. The number of ether oxygens (including phenoxy) is 1. The van der Waals surface area contributed by atoms with E-state index >= 15 is 0 Å². The minimum atomic E-state index is -1.00. The third-order valence-corrected chi connectivity index (χ3v) is 4.37. The third kappa shape index (κ3) is 2.04. The van der Waals surface area contributed by atoms with Gasteiger partial charge in [-0.3, -0.25) is 0 Å². The molecule has 3 rings (SSSR count). The van der Waals surface area contributed by atoms with Gasteiger partial charge in [0.05, 0.1) is 11.5 Å². The predicted octanol–water partition coefficient (Wildman–Crippen LogP) is 1.33. The largest absolute Gasteiger partial charge is 0.388 e. The normalized spacial score (nSPS) is 31.2. The quantitative estimate of drug-likeness (QED) is 0.562. The van der Waals surface area contributed by atoms with Crippen molar-refractivity contribution in [1.82, 2.24) is 14.5 Å². The molecule has 2 aromatic rings. The van der Waals surface area contributed by atoms with E-state index in [1.807, 2.05) is 0 Å². The van der Waals surface area contributed by atoms with Crippen LogP contribution >= 0.6 is 34.2 Å². The van der Waals surface area contributed by atoms with Gasteiger partial charge >= 0.3 is 0 Å². The number of hydrogen-bond donors (Lipinski definition) is 2. The predicted molar refractivity (Wildman–Crippen MR) is 76.9 cm³/mol. The molecule has 0 spiro atoms. The molecule has 6 nitrogen and oxygen atoms in total. The first-order valence-corrected chi connectivity index (χ1v) is 7.14. The average Bonchev–Trinajstić information content (AvgIpc) is 2.83. The highest BCUT2D eigenvalue weighted by Crippen LogP contribution is 2.35. The lowest BCUT2D eigenvalue weighted by Gasteiger charge is -2.17. The highest BCUT2D eigenvalue weighted by Gasteiger charge is 2.42. The molecular weight excluding hydrogens is 384 g/mol. The van der Waals surface area contributed by atoms with Gasteiger partial charge in [-0.1, -0.05) is 11.6 Å². The fourth-order valence-electron chi connectivity index (χ4n) is 2.26. The lowest BCUT2D eigenvalue weighted by molar-refractivity contribution is -0.0297. The van der Waals surface area contributed by atoms with Gasteiger partial charge in [0.25, 0.3) is 0 Å². The van der Waals surface area contributed by atoms with Gasteiger partial charge < -0.3 is 19.5 Å². The van der Waals surface area contributed by atoms with E-state index in [0.717, 1.165) is 8.96 Å². The van der Waals surface area contributed by atoms with E-state index in [-0.39, 0.29) is 0 Å². The third-order valence-electron chi connectivity index (χ3n) is 3.27. The smallest absolute Gasteiger partial charge is 0.164 e. The van der Waals surface area contributed by atoms with Crippen LogP contribution in [0.3, 0.4) is 0 Å². The summed E-state index contributed by atoms with van der Waals surface area (Å²) in [4.78, 5) is 8.12. The van der Waals surface area contributed by atoms with Gasteiger partial charge in [-0.25, -0.2) is 9.97 Å². The molecule has 102 valence electrons. The Morgan fingerprint density at radius 3 is 2.74 bits per heavy atom. The zero-order valence-corrected chi connectivity index (χ0v) is 12.8. The number of fused-ring (bicyclic) bond motifs is 1.